The van der Waals surface area contributed by atoms with Crippen molar-refractivity contribution in [2.45, 2.75) is 38.3 Å². The molecule has 2 saturated carbocycles. The fraction of sp³-hybridized carbons (Fsp3) is 0.520. The highest BCUT2D eigenvalue weighted by atomic mass is 16.6. The summed E-state index contributed by atoms with van der Waals surface area (Å²) in [7, 11) is 3.08. The van der Waals surface area contributed by atoms with E-state index in [1.54, 1.807) is 34.0 Å². The Morgan fingerprint density at radius 1 is 1.22 bits per heavy atom. The van der Waals surface area contributed by atoms with Gasteiger partial charge in [0.2, 0.25) is 5.91 Å². The SMILES string of the molecule is CCON=C(C)c1ccc(O)c2c1CC1CC3[C@H](N(C)C)C(=O)C(C(N)=O)C(=O)[C@@]3(O)C(=O)C1C2=O. The zero-order valence-electron chi connectivity index (χ0n) is 20.5. The summed E-state index contributed by atoms with van der Waals surface area (Å²) >= 11 is 0. The highest BCUT2D eigenvalue weighted by molar-refractivity contribution is 6.32. The molecule has 3 aliphatic carbocycles. The van der Waals surface area contributed by atoms with Crippen molar-refractivity contribution < 1.29 is 39.0 Å². The number of Topliss-reactive ketones (excluding diaryl/α,β-unsaturated/α-hetero) is 4. The predicted molar refractivity (Wildman–Crippen MR) is 125 cm³/mol. The van der Waals surface area contributed by atoms with E-state index in [0.717, 1.165) is 0 Å². The molecule has 0 saturated heterocycles. The number of fused-ring (bicyclic) bond motifs is 3. The third-order valence-electron chi connectivity index (χ3n) is 7.67. The van der Waals surface area contributed by atoms with Crippen LogP contribution in [0.4, 0.5) is 0 Å². The smallest absolute Gasteiger partial charge is 0.235 e. The Morgan fingerprint density at radius 3 is 2.47 bits per heavy atom. The number of carbonyl (C=O) groups is 5. The molecule has 36 heavy (non-hydrogen) atoms. The van der Waals surface area contributed by atoms with Gasteiger partial charge in [-0.2, -0.15) is 0 Å². The molecule has 11 heteroatoms. The van der Waals surface area contributed by atoms with Crippen LogP contribution in [0.2, 0.25) is 0 Å². The first-order valence-corrected chi connectivity index (χ1v) is 11.7. The van der Waals surface area contributed by atoms with Crippen molar-refractivity contribution in [1.82, 2.24) is 4.90 Å². The van der Waals surface area contributed by atoms with E-state index in [1.165, 1.54) is 11.0 Å². The normalized spacial score (nSPS) is 32.2. The summed E-state index contributed by atoms with van der Waals surface area (Å²) < 4.78 is 0. The van der Waals surface area contributed by atoms with Crippen molar-refractivity contribution in [3.63, 3.8) is 0 Å². The number of hydrogen-bond donors (Lipinski definition) is 3. The number of aromatic hydroxyl groups is 1. The third kappa shape index (κ3) is 3.48. The molecule has 3 aliphatic rings. The average molecular weight is 500 g/mol. The first-order chi connectivity index (χ1) is 16.9. The number of nitrogens with zero attached hydrogens (tertiary/aromatic N) is 2. The Labute approximate surface area is 207 Å². The number of phenolic OH excluding ortho intramolecular Hbond substituents is 1. The Hall–Kier alpha value is -3.44. The van der Waals surface area contributed by atoms with Gasteiger partial charge in [0.05, 0.1) is 23.2 Å². The molecule has 4 N–H and O–H groups in total. The molecular formula is C25H29N3O8. The summed E-state index contributed by atoms with van der Waals surface area (Å²) in [5.41, 5.74) is 4.00. The standard InChI is InChI=1S/C25H29N3O8/c1-5-36-27-10(2)12-6-7-15(29)17-13(12)8-11-9-14-19(28(3)4)21(31)18(24(26)34)23(33)25(14,35)22(32)16(11)20(17)30/h6-7,11,14,16,18-19,29,35H,5,8-9H2,1-4H3,(H2,26,34)/t11?,14?,16?,18?,19-,25-/m0/s1. The predicted octanol–water partition coefficient (Wildman–Crippen LogP) is -0.372. The van der Waals surface area contributed by atoms with Gasteiger partial charge < -0.3 is 20.8 Å². The zero-order valence-corrected chi connectivity index (χ0v) is 20.5. The van der Waals surface area contributed by atoms with Gasteiger partial charge in [-0.15, -0.1) is 0 Å². The van der Waals surface area contributed by atoms with Crippen molar-refractivity contribution >= 4 is 34.8 Å². The fourth-order valence-electron chi connectivity index (χ4n) is 6.15. The third-order valence-corrected chi connectivity index (χ3v) is 7.67. The van der Waals surface area contributed by atoms with Crippen molar-refractivity contribution in [2.75, 3.05) is 20.7 Å². The number of ketones is 4. The number of hydrogen-bond acceptors (Lipinski definition) is 10. The molecule has 0 bridgehead atoms. The van der Waals surface area contributed by atoms with Gasteiger partial charge >= 0.3 is 0 Å². The first kappa shape index (κ1) is 25.6. The monoisotopic (exact) mass is 499 g/mol. The van der Waals surface area contributed by atoms with Crippen molar-refractivity contribution in [3.8, 4) is 5.75 Å². The highest BCUT2D eigenvalue weighted by Gasteiger charge is 2.69. The van der Waals surface area contributed by atoms with Crippen molar-refractivity contribution in [2.24, 2.45) is 34.6 Å². The van der Waals surface area contributed by atoms with E-state index in [-0.39, 0.29) is 24.2 Å². The van der Waals surface area contributed by atoms with Gasteiger partial charge in [-0.1, -0.05) is 5.16 Å². The molecule has 11 nitrogen and oxygen atoms in total. The lowest BCUT2D eigenvalue weighted by Gasteiger charge is -2.52. The van der Waals surface area contributed by atoms with E-state index < -0.39 is 64.4 Å². The molecule has 192 valence electrons. The van der Waals surface area contributed by atoms with Crippen LogP contribution < -0.4 is 5.73 Å². The molecule has 0 aliphatic heterocycles. The number of carbonyl (C=O) groups excluding carboxylic acids is 5. The average Bonchev–Trinajstić information content (AvgIpc) is 2.79. The number of amides is 1. The van der Waals surface area contributed by atoms with E-state index in [2.05, 4.69) is 5.16 Å². The number of nitrogens with two attached hydrogens (primary N) is 1. The van der Waals surface area contributed by atoms with Crippen LogP contribution in [-0.4, -0.2) is 82.2 Å². The summed E-state index contributed by atoms with van der Waals surface area (Å²) in [4.78, 5) is 72.4. The lowest BCUT2D eigenvalue weighted by atomic mass is 9.52. The quantitative estimate of drug-likeness (QED) is 0.277. The lowest BCUT2D eigenvalue weighted by molar-refractivity contribution is -0.181. The fourth-order valence-corrected chi connectivity index (χ4v) is 6.15. The maximum absolute atomic E-state index is 13.8. The molecule has 0 radical (unpaired) electrons. The summed E-state index contributed by atoms with van der Waals surface area (Å²) in [6, 6.07) is 1.78. The van der Waals surface area contributed by atoms with Crippen LogP contribution in [0.5, 0.6) is 5.75 Å². The van der Waals surface area contributed by atoms with Crippen LogP contribution in [0, 0.1) is 23.7 Å². The largest absolute Gasteiger partial charge is 0.507 e. The molecule has 4 rings (SSSR count). The molecule has 0 heterocycles. The van der Waals surface area contributed by atoms with E-state index in [1.807, 2.05) is 0 Å². The molecule has 1 amide bonds. The summed E-state index contributed by atoms with van der Waals surface area (Å²) in [6.45, 7) is 3.78. The van der Waals surface area contributed by atoms with Crippen LogP contribution in [-0.2, 0) is 30.4 Å². The minimum absolute atomic E-state index is 0.0133. The Morgan fingerprint density at radius 2 is 1.89 bits per heavy atom. The Balaban J connectivity index is 1.87. The number of oxime groups is 1. The number of benzene rings is 1. The van der Waals surface area contributed by atoms with E-state index in [9.17, 15) is 34.2 Å². The minimum Gasteiger partial charge on any atom is -0.507 e. The van der Waals surface area contributed by atoms with Gasteiger partial charge in [-0.05, 0) is 64.4 Å². The second kappa shape index (κ2) is 8.90. The van der Waals surface area contributed by atoms with Gasteiger partial charge in [0, 0.05) is 11.5 Å². The molecule has 0 spiro atoms. The van der Waals surface area contributed by atoms with E-state index in [4.69, 9.17) is 10.6 Å². The molecule has 0 aromatic heterocycles. The van der Waals surface area contributed by atoms with Crippen molar-refractivity contribution in [3.05, 3.63) is 28.8 Å². The summed E-state index contributed by atoms with van der Waals surface area (Å²) in [5.74, 6) is -10.7. The van der Waals surface area contributed by atoms with Crippen LogP contribution in [0.25, 0.3) is 0 Å². The Bertz CT molecular complexity index is 1220. The van der Waals surface area contributed by atoms with Gasteiger partial charge in [-0.3, -0.25) is 28.9 Å². The molecule has 6 atom stereocenters. The number of aliphatic hydroxyl groups is 1. The lowest BCUT2D eigenvalue weighted by Crippen LogP contribution is -2.74. The second-order valence-corrected chi connectivity index (χ2v) is 9.87. The van der Waals surface area contributed by atoms with Gasteiger partial charge in [0.1, 0.15) is 12.4 Å². The Kier molecular flexibility index (Phi) is 6.34. The molecule has 4 unspecified atom stereocenters. The number of rotatable bonds is 5. The van der Waals surface area contributed by atoms with E-state index >= 15 is 0 Å². The highest BCUT2D eigenvalue weighted by Crippen LogP contribution is 2.51. The topological polar surface area (TPSA) is 177 Å². The van der Waals surface area contributed by atoms with Gasteiger partial charge in [0.25, 0.3) is 0 Å². The number of primary amides is 1. The van der Waals surface area contributed by atoms with Gasteiger partial charge in [-0.25, -0.2) is 0 Å². The zero-order chi connectivity index (χ0) is 26.7. The molecular weight excluding hydrogens is 470 g/mol. The van der Waals surface area contributed by atoms with Crippen LogP contribution in [0.15, 0.2) is 17.3 Å². The maximum atomic E-state index is 13.8. The summed E-state index contributed by atoms with van der Waals surface area (Å²) in [6.07, 6.45) is 0.148. The second-order valence-electron chi connectivity index (χ2n) is 9.87. The maximum Gasteiger partial charge on any atom is 0.235 e. The molecule has 1 aromatic carbocycles. The van der Waals surface area contributed by atoms with Crippen LogP contribution >= 0.6 is 0 Å². The van der Waals surface area contributed by atoms with Gasteiger partial charge in [0.15, 0.2) is 34.7 Å². The molecule has 2 fully saturated rings. The van der Waals surface area contributed by atoms with Crippen molar-refractivity contribution in [1.29, 1.82) is 0 Å². The number of likely N-dealkylation sites (N-methyl/N-ethyl adjacent to an activating group) is 1. The minimum atomic E-state index is -2.74. The van der Waals surface area contributed by atoms with Crippen LogP contribution in [0.3, 0.4) is 0 Å². The first-order valence-electron chi connectivity index (χ1n) is 11.7. The van der Waals surface area contributed by atoms with E-state index in [0.29, 0.717) is 23.4 Å². The molecule has 1 aromatic rings. The summed E-state index contributed by atoms with van der Waals surface area (Å²) in [5, 5.41) is 26.1. The van der Waals surface area contributed by atoms with Crippen LogP contribution in [0.1, 0.15) is 41.8 Å². The number of phenols is 1.